The third kappa shape index (κ3) is 4.22. The Hall–Kier alpha value is -3.38. The van der Waals surface area contributed by atoms with Crippen LogP contribution in [0.15, 0.2) is 83.8 Å². The van der Waals surface area contributed by atoms with E-state index in [9.17, 15) is 14.4 Å². The predicted octanol–water partition coefficient (Wildman–Crippen LogP) is 4.21. The van der Waals surface area contributed by atoms with Gasteiger partial charge in [-0.2, -0.15) is 0 Å². The van der Waals surface area contributed by atoms with E-state index in [-0.39, 0.29) is 23.6 Å². The summed E-state index contributed by atoms with van der Waals surface area (Å²) < 4.78 is 0. The number of thioether (sulfide) groups is 1. The van der Waals surface area contributed by atoms with Gasteiger partial charge >= 0.3 is 0 Å². The van der Waals surface area contributed by atoms with Crippen molar-refractivity contribution in [3.63, 3.8) is 0 Å². The summed E-state index contributed by atoms with van der Waals surface area (Å²) in [4.78, 5) is 39.3. The van der Waals surface area contributed by atoms with Gasteiger partial charge in [0.25, 0.3) is 11.8 Å². The average molecular weight is 402 g/mol. The normalized spacial score (nSPS) is 12.8. The minimum absolute atomic E-state index is 0.0984. The zero-order valence-electron chi connectivity index (χ0n) is 15.5. The maximum Gasteiger partial charge on any atom is 0.262 e. The number of nitrogens with one attached hydrogen (secondary N) is 1. The number of imide groups is 1. The molecule has 5 nitrogen and oxygen atoms in total. The number of hydrogen-bond acceptors (Lipinski definition) is 4. The zero-order valence-corrected chi connectivity index (χ0v) is 16.3. The molecule has 0 aromatic heterocycles. The quantitative estimate of drug-likeness (QED) is 0.495. The Labute approximate surface area is 172 Å². The molecule has 3 aromatic rings. The fourth-order valence-corrected chi connectivity index (χ4v) is 4.04. The molecule has 1 heterocycles. The van der Waals surface area contributed by atoms with E-state index < -0.39 is 0 Å². The lowest BCUT2D eigenvalue weighted by atomic mass is 10.1. The molecule has 29 heavy (non-hydrogen) atoms. The van der Waals surface area contributed by atoms with Crippen LogP contribution < -0.4 is 5.32 Å². The predicted molar refractivity (Wildman–Crippen MR) is 113 cm³/mol. The van der Waals surface area contributed by atoms with Gasteiger partial charge in [-0.05, 0) is 35.9 Å². The van der Waals surface area contributed by atoms with Crippen molar-refractivity contribution in [2.45, 2.75) is 11.3 Å². The number of rotatable bonds is 6. The molecule has 0 atom stereocenters. The molecule has 0 bridgehead atoms. The molecule has 3 amide bonds. The van der Waals surface area contributed by atoms with Gasteiger partial charge in [0.05, 0.1) is 23.4 Å². The minimum Gasteiger partial charge on any atom is -0.326 e. The van der Waals surface area contributed by atoms with Crippen molar-refractivity contribution in [1.82, 2.24) is 4.90 Å². The molecule has 144 valence electrons. The smallest absolute Gasteiger partial charge is 0.262 e. The van der Waals surface area contributed by atoms with Crippen LogP contribution in [0.2, 0.25) is 0 Å². The van der Waals surface area contributed by atoms with E-state index in [1.807, 2.05) is 54.6 Å². The fraction of sp³-hybridized carbons (Fsp3) is 0.0870. The lowest BCUT2D eigenvalue weighted by molar-refractivity contribution is -0.115. The molecule has 0 saturated carbocycles. The largest absolute Gasteiger partial charge is 0.326 e. The summed E-state index contributed by atoms with van der Waals surface area (Å²) in [5.41, 5.74) is 2.51. The van der Waals surface area contributed by atoms with Crippen molar-refractivity contribution in [3.8, 4) is 0 Å². The number of amides is 3. The van der Waals surface area contributed by atoms with Crippen LogP contribution in [0, 0.1) is 0 Å². The molecule has 0 spiro atoms. The number of anilines is 1. The van der Waals surface area contributed by atoms with Crippen LogP contribution in [0.5, 0.6) is 0 Å². The Morgan fingerprint density at radius 3 is 2.17 bits per heavy atom. The van der Waals surface area contributed by atoms with E-state index in [4.69, 9.17) is 0 Å². The van der Waals surface area contributed by atoms with Crippen molar-refractivity contribution in [3.05, 3.63) is 95.6 Å². The van der Waals surface area contributed by atoms with Crippen LogP contribution in [-0.2, 0) is 11.2 Å². The maximum atomic E-state index is 12.4. The highest BCUT2D eigenvalue weighted by molar-refractivity contribution is 7.99. The van der Waals surface area contributed by atoms with Crippen LogP contribution in [0.4, 0.5) is 5.69 Å². The zero-order chi connectivity index (χ0) is 20.2. The molecular weight excluding hydrogens is 384 g/mol. The molecule has 1 aliphatic rings. The van der Waals surface area contributed by atoms with Crippen LogP contribution >= 0.6 is 11.8 Å². The molecule has 1 N–H and O–H groups in total. The van der Waals surface area contributed by atoms with Gasteiger partial charge in [-0.3, -0.25) is 19.3 Å². The van der Waals surface area contributed by atoms with Crippen molar-refractivity contribution in [1.29, 1.82) is 0 Å². The van der Waals surface area contributed by atoms with E-state index in [0.717, 1.165) is 10.5 Å². The van der Waals surface area contributed by atoms with E-state index in [0.29, 0.717) is 23.2 Å². The lowest BCUT2D eigenvalue weighted by Crippen LogP contribution is -2.29. The number of nitrogens with zero attached hydrogens (tertiary/aromatic N) is 1. The van der Waals surface area contributed by atoms with Crippen LogP contribution in [-0.4, -0.2) is 28.5 Å². The van der Waals surface area contributed by atoms with E-state index in [2.05, 4.69) is 5.32 Å². The van der Waals surface area contributed by atoms with E-state index in [1.165, 1.54) is 16.7 Å². The first-order valence-corrected chi connectivity index (χ1v) is 10.1. The molecule has 0 radical (unpaired) electrons. The number of benzene rings is 3. The van der Waals surface area contributed by atoms with E-state index in [1.54, 1.807) is 24.3 Å². The lowest BCUT2D eigenvalue weighted by Gasteiger charge is -2.13. The van der Waals surface area contributed by atoms with Crippen LogP contribution in [0.25, 0.3) is 0 Å². The Balaban J connectivity index is 1.38. The van der Waals surface area contributed by atoms with Gasteiger partial charge in [0.2, 0.25) is 5.91 Å². The first-order chi connectivity index (χ1) is 14.1. The van der Waals surface area contributed by atoms with Crippen LogP contribution in [0.3, 0.4) is 0 Å². The summed E-state index contributed by atoms with van der Waals surface area (Å²) in [6, 6.07) is 23.8. The van der Waals surface area contributed by atoms with Crippen molar-refractivity contribution >= 4 is 35.2 Å². The number of hydrogen-bond donors (Lipinski definition) is 1. The molecule has 0 saturated heterocycles. The maximum absolute atomic E-state index is 12.4. The van der Waals surface area contributed by atoms with Crippen molar-refractivity contribution in [2.24, 2.45) is 0 Å². The number of carbonyl (C=O) groups is 3. The van der Waals surface area contributed by atoms with Crippen molar-refractivity contribution < 1.29 is 14.4 Å². The second-order valence-corrected chi connectivity index (χ2v) is 7.61. The number of fused-ring (bicyclic) bond motifs is 1. The second kappa shape index (κ2) is 8.32. The second-order valence-electron chi connectivity index (χ2n) is 6.60. The molecule has 0 fully saturated rings. The van der Waals surface area contributed by atoms with Gasteiger partial charge < -0.3 is 5.32 Å². The summed E-state index contributed by atoms with van der Waals surface area (Å²) in [6.45, 7) is 0. The Kier molecular flexibility index (Phi) is 5.44. The first kappa shape index (κ1) is 19.0. The highest BCUT2D eigenvalue weighted by atomic mass is 32.2. The molecular formula is C23H18N2O3S. The SMILES string of the molecule is O=C(Cc1ccccc1)Nc1cccc(SCN2C(=O)c3ccccc3C2=O)c1. The third-order valence-electron chi connectivity index (χ3n) is 4.56. The third-order valence-corrected chi connectivity index (χ3v) is 5.54. The fourth-order valence-electron chi connectivity index (χ4n) is 3.15. The molecule has 3 aromatic carbocycles. The van der Waals surface area contributed by atoms with Gasteiger partial charge in [0.15, 0.2) is 0 Å². The summed E-state index contributed by atoms with van der Waals surface area (Å²) in [7, 11) is 0. The Morgan fingerprint density at radius 2 is 1.48 bits per heavy atom. The highest BCUT2D eigenvalue weighted by Crippen LogP contribution is 2.28. The summed E-state index contributed by atoms with van der Waals surface area (Å²) >= 11 is 1.37. The highest BCUT2D eigenvalue weighted by Gasteiger charge is 2.34. The average Bonchev–Trinajstić information content (AvgIpc) is 2.98. The van der Waals surface area contributed by atoms with Gasteiger partial charge in [0, 0.05) is 10.6 Å². The monoisotopic (exact) mass is 402 g/mol. The summed E-state index contributed by atoms with van der Waals surface area (Å²) in [5.74, 6) is -0.428. The molecule has 6 heteroatoms. The first-order valence-electron chi connectivity index (χ1n) is 9.14. The summed E-state index contributed by atoms with van der Waals surface area (Å²) in [6.07, 6.45) is 0.299. The molecule has 0 unspecified atom stereocenters. The minimum atomic E-state index is -0.273. The van der Waals surface area contributed by atoms with Crippen molar-refractivity contribution in [2.75, 3.05) is 11.2 Å². The summed E-state index contributed by atoms with van der Waals surface area (Å²) in [5, 5.41) is 2.89. The van der Waals surface area contributed by atoms with Gasteiger partial charge in [-0.15, -0.1) is 11.8 Å². The molecule has 4 rings (SSSR count). The molecule has 0 aliphatic carbocycles. The number of carbonyl (C=O) groups excluding carboxylic acids is 3. The van der Waals surface area contributed by atoms with Crippen LogP contribution in [0.1, 0.15) is 26.3 Å². The van der Waals surface area contributed by atoms with Gasteiger partial charge in [-0.1, -0.05) is 48.5 Å². The van der Waals surface area contributed by atoms with E-state index >= 15 is 0 Å². The Morgan fingerprint density at radius 1 is 0.828 bits per heavy atom. The molecule has 1 aliphatic heterocycles. The standard InChI is InChI=1S/C23H18N2O3S/c26-21(13-16-7-2-1-3-8-16)24-17-9-6-10-18(14-17)29-15-25-22(27)19-11-4-5-12-20(19)23(25)28/h1-12,14H,13,15H2,(H,24,26). The van der Waals surface area contributed by atoms with Gasteiger partial charge in [0.1, 0.15) is 0 Å². The topological polar surface area (TPSA) is 66.5 Å². The Bertz CT molecular complexity index is 1050. The van der Waals surface area contributed by atoms with Gasteiger partial charge in [-0.25, -0.2) is 0 Å².